The maximum Gasteiger partial charge on any atom is 0.250 e. The second-order valence-corrected chi connectivity index (χ2v) is 5.01. The quantitative estimate of drug-likeness (QED) is 0.833. The predicted molar refractivity (Wildman–Crippen MR) is 70.3 cm³/mol. The number of aryl methyl sites for hydroxylation is 1. The van der Waals surface area contributed by atoms with Gasteiger partial charge in [-0.25, -0.2) is 0 Å². The van der Waals surface area contributed by atoms with Gasteiger partial charge in [-0.2, -0.15) is 0 Å². The van der Waals surface area contributed by atoms with Gasteiger partial charge in [0.15, 0.2) is 0 Å². The molecular formula is C13H19N3O2. The molecule has 1 saturated carbocycles. The Morgan fingerprint density at radius 3 is 2.67 bits per heavy atom. The summed E-state index contributed by atoms with van der Waals surface area (Å²) in [6.45, 7) is 0.380. The normalized spacial score (nSPS) is 17.7. The van der Waals surface area contributed by atoms with Crippen LogP contribution < -0.4 is 16.6 Å². The highest BCUT2D eigenvalue weighted by atomic mass is 16.2. The molecule has 0 bridgehead atoms. The zero-order valence-electron chi connectivity index (χ0n) is 10.6. The molecule has 1 aliphatic rings. The maximum absolute atomic E-state index is 12.3. The average Bonchev–Trinajstić information content (AvgIpc) is 2.84. The highest BCUT2D eigenvalue weighted by Gasteiger charge is 2.39. The molecule has 0 saturated heterocycles. The van der Waals surface area contributed by atoms with Gasteiger partial charge in [-0.05, 0) is 18.9 Å². The Morgan fingerprint density at radius 2 is 2.11 bits per heavy atom. The number of anilines is 1. The molecule has 5 heteroatoms. The number of hydrogen-bond acceptors (Lipinski definition) is 3. The van der Waals surface area contributed by atoms with Crippen molar-refractivity contribution in [2.45, 2.75) is 25.7 Å². The largest absolute Gasteiger partial charge is 0.329 e. The van der Waals surface area contributed by atoms with Crippen LogP contribution in [0.25, 0.3) is 0 Å². The number of nitrogens with zero attached hydrogens (tertiary/aromatic N) is 1. The van der Waals surface area contributed by atoms with Crippen molar-refractivity contribution in [3.05, 3.63) is 28.7 Å². The van der Waals surface area contributed by atoms with E-state index in [0.29, 0.717) is 12.2 Å². The number of carbonyl (C=O) groups is 1. The van der Waals surface area contributed by atoms with Crippen LogP contribution in [0.2, 0.25) is 0 Å². The van der Waals surface area contributed by atoms with E-state index in [1.807, 2.05) is 0 Å². The number of hydrogen-bond donors (Lipinski definition) is 2. The Labute approximate surface area is 106 Å². The number of rotatable bonds is 3. The first-order chi connectivity index (χ1) is 8.57. The van der Waals surface area contributed by atoms with Gasteiger partial charge in [0.05, 0.1) is 11.1 Å². The summed E-state index contributed by atoms with van der Waals surface area (Å²) in [5.74, 6) is -0.0267. The molecule has 3 N–H and O–H groups in total. The summed E-state index contributed by atoms with van der Waals surface area (Å²) < 4.78 is 1.44. The van der Waals surface area contributed by atoms with Crippen molar-refractivity contribution in [1.82, 2.24) is 4.57 Å². The number of pyridine rings is 1. The second-order valence-electron chi connectivity index (χ2n) is 5.01. The monoisotopic (exact) mass is 249 g/mol. The van der Waals surface area contributed by atoms with Crippen molar-refractivity contribution in [2.24, 2.45) is 18.2 Å². The van der Waals surface area contributed by atoms with Gasteiger partial charge in [-0.3, -0.25) is 9.59 Å². The number of nitrogens with two attached hydrogens (primary N) is 1. The van der Waals surface area contributed by atoms with Crippen LogP contribution in [0, 0.1) is 5.41 Å². The lowest BCUT2D eigenvalue weighted by molar-refractivity contribution is -0.124. The SMILES string of the molecule is Cn1cc(NC(=O)C2(CN)CCCC2)ccc1=O. The fourth-order valence-electron chi connectivity index (χ4n) is 2.51. The van der Waals surface area contributed by atoms with Gasteiger partial charge >= 0.3 is 0 Å². The number of amides is 1. The number of aromatic nitrogens is 1. The molecule has 1 fully saturated rings. The van der Waals surface area contributed by atoms with E-state index in [1.165, 1.54) is 10.6 Å². The van der Waals surface area contributed by atoms with Crippen LogP contribution in [0.5, 0.6) is 0 Å². The molecule has 0 atom stereocenters. The van der Waals surface area contributed by atoms with Crippen molar-refractivity contribution >= 4 is 11.6 Å². The lowest BCUT2D eigenvalue weighted by Gasteiger charge is -2.25. The Balaban J connectivity index is 2.15. The lowest BCUT2D eigenvalue weighted by Crippen LogP contribution is -2.40. The first kappa shape index (κ1) is 12.8. The Hall–Kier alpha value is -1.62. The van der Waals surface area contributed by atoms with Gasteiger partial charge in [0, 0.05) is 25.9 Å². The molecular weight excluding hydrogens is 230 g/mol. The zero-order valence-corrected chi connectivity index (χ0v) is 10.6. The highest BCUT2D eigenvalue weighted by molar-refractivity contribution is 5.95. The third-order valence-corrected chi connectivity index (χ3v) is 3.78. The van der Waals surface area contributed by atoms with E-state index in [1.54, 1.807) is 19.3 Å². The van der Waals surface area contributed by atoms with Crippen molar-refractivity contribution in [3.8, 4) is 0 Å². The highest BCUT2D eigenvalue weighted by Crippen LogP contribution is 2.38. The van der Waals surface area contributed by atoms with Gasteiger partial charge in [0.1, 0.15) is 0 Å². The summed E-state index contributed by atoms with van der Waals surface area (Å²) in [5, 5.41) is 2.86. The molecule has 1 heterocycles. The van der Waals surface area contributed by atoms with Crippen LogP contribution in [0.3, 0.4) is 0 Å². The van der Waals surface area contributed by atoms with E-state index in [-0.39, 0.29) is 11.5 Å². The van der Waals surface area contributed by atoms with Crippen LogP contribution >= 0.6 is 0 Å². The molecule has 0 unspecified atom stereocenters. The summed E-state index contributed by atoms with van der Waals surface area (Å²) in [5.41, 5.74) is 5.88. The molecule has 0 radical (unpaired) electrons. The zero-order chi connectivity index (χ0) is 13.2. The van der Waals surface area contributed by atoms with Gasteiger partial charge in [0.2, 0.25) is 11.5 Å². The third kappa shape index (κ3) is 2.31. The Kier molecular flexibility index (Phi) is 3.52. The lowest BCUT2D eigenvalue weighted by atomic mass is 9.85. The summed E-state index contributed by atoms with van der Waals surface area (Å²) in [6.07, 6.45) is 5.43. The molecule has 1 amide bonds. The number of nitrogens with one attached hydrogen (secondary N) is 1. The van der Waals surface area contributed by atoms with E-state index in [4.69, 9.17) is 5.73 Å². The minimum Gasteiger partial charge on any atom is -0.329 e. The van der Waals surface area contributed by atoms with E-state index in [9.17, 15) is 9.59 Å². The van der Waals surface area contributed by atoms with Crippen LogP contribution in [-0.2, 0) is 11.8 Å². The topological polar surface area (TPSA) is 77.1 Å². The molecule has 0 aromatic carbocycles. The molecule has 2 rings (SSSR count). The molecule has 0 spiro atoms. The van der Waals surface area contributed by atoms with E-state index in [2.05, 4.69) is 5.32 Å². The minimum atomic E-state index is -0.422. The molecule has 1 aliphatic carbocycles. The van der Waals surface area contributed by atoms with Gasteiger partial charge in [-0.15, -0.1) is 0 Å². The first-order valence-corrected chi connectivity index (χ1v) is 6.26. The van der Waals surface area contributed by atoms with Crippen molar-refractivity contribution < 1.29 is 4.79 Å². The first-order valence-electron chi connectivity index (χ1n) is 6.26. The van der Waals surface area contributed by atoms with E-state index >= 15 is 0 Å². The number of carbonyl (C=O) groups excluding carboxylic acids is 1. The van der Waals surface area contributed by atoms with Gasteiger partial charge in [0.25, 0.3) is 0 Å². The average molecular weight is 249 g/mol. The molecule has 1 aromatic rings. The molecule has 1 aromatic heterocycles. The van der Waals surface area contributed by atoms with Crippen LogP contribution in [-0.4, -0.2) is 17.0 Å². The fourth-order valence-corrected chi connectivity index (χ4v) is 2.51. The Bertz CT molecular complexity index is 501. The standard InChI is InChI=1S/C13H19N3O2/c1-16-8-10(4-5-11(16)17)15-12(18)13(9-14)6-2-3-7-13/h4-5,8H,2-3,6-7,9,14H2,1H3,(H,15,18). The molecule has 98 valence electrons. The predicted octanol–water partition coefficient (Wildman–Crippen LogP) is 0.843. The molecule has 5 nitrogen and oxygen atoms in total. The molecule has 0 aliphatic heterocycles. The van der Waals surface area contributed by atoms with Crippen molar-refractivity contribution in [3.63, 3.8) is 0 Å². The van der Waals surface area contributed by atoms with Crippen molar-refractivity contribution in [1.29, 1.82) is 0 Å². The van der Waals surface area contributed by atoms with E-state index in [0.717, 1.165) is 25.7 Å². The molecule has 18 heavy (non-hydrogen) atoms. The summed E-state index contributed by atoms with van der Waals surface area (Å²) in [7, 11) is 1.66. The summed E-state index contributed by atoms with van der Waals surface area (Å²) in [4.78, 5) is 23.5. The van der Waals surface area contributed by atoms with Crippen LogP contribution in [0.1, 0.15) is 25.7 Å². The Morgan fingerprint density at radius 1 is 1.44 bits per heavy atom. The summed E-state index contributed by atoms with van der Waals surface area (Å²) >= 11 is 0. The van der Waals surface area contributed by atoms with Crippen molar-refractivity contribution in [2.75, 3.05) is 11.9 Å². The summed E-state index contributed by atoms with van der Waals surface area (Å²) in [6, 6.07) is 3.07. The van der Waals surface area contributed by atoms with Gasteiger partial charge < -0.3 is 15.6 Å². The fraction of sp³-hybridized carbons (Fsp3) is 0.538. The second kappa shape index (κ2) is 4.94. The van der Waals surface area contributed by atoms with Crippen LogP contribution in [0.15, 0.2) is 23.1 Å². The van der Waals surface area contributed by atoms with E-state index < -0.39 is 5.41 Å². The minimum absolute atomic E-state index is 0.0267. The maximum atomic E-state index is 12.3. The third-order valence-electron chi connectivity index (χ3n) is 3.78. The van der Waals surface area contributed by atoms with Gasteiger partial charge in [-0.1, -0.05) is 12.8 Å². The smallest absolute Gasteiger partial charge is 0.250 e. The van der Waals surface area contributed by atoms with Crippen LogP contribution in [0.4, 0.5) is 5.69 Å².